The summed E-state index contributed by atoms with van der Waals surface area (Å²) in [4.78, 5) is 70.0. The van der Waals surface area contributed by atoms with Crippen LogP contribution in [0.25, 0.3) is 0 Å². The van der Waals surface area contributed by atoms with Crippen LogP contribution in [0.3, 0.4) is 0 Å². The first kappa shape index (κ1) is 25.4. The maximum atomic E-state index is 13.5. The van der Waals surface area contributed by atoms with Crippen LogP contribution in [-0.4, -0.2) is 119 Å². The average molecular weight is 495 g/mol. The minimum Gasteiger partial charge on any atom is -0.461 e. The first-order chi connectivity index (χ1) is 16.6. The fourth-order valence-electron chi connectivity index (χ4n) is 5.41. The molecule has 7 atom stereocenters. The number of esters is 1. The number of aliphatic hydroxyl groups is 1. The van der Waals surface area contributed by atoms with Gasteiger partial charge in [0.05, 0.1) is 25.7 Å². The van der Waals surface area contributed by atoms with E-state index in [4.69, 9.17) is 9.47 Å². The molecule has 4 heterocycles. The van der Waals surface area contributed by atoms with E-state index in [1.807, 2.05) is 6.92 Å². The number of hydrogen-bond acceptors (Lipinski definition) is 8. The van der Waals surface area contributed by atoms with E-state index in [0.717, 1.165) is 0 Å². The molecule has 2 N–H and O–H groups in total. The maximum absolute atomic E-state index is 13.5. The van der Waals surface area contributed by atoms with Crippen molar-refractivity contribution in [2.24, 2.45) is 5.92 Å². The third-order valence-electron chi connectivity index (χ3n) is 7.17. The molecule has 0 aromatic carbocycles. The molecule has 0 spiro atoms. The predicted octanol–water partition coefficient (Wildman–Crippen LogP) is -1.75. The van der Waals surface area contributed by atoms with Crippen molar-refractivity contribution in [3.05, 3.63) is 0 Å². The third-order valence-corrected chi connectivity index (χ3v) is 7.17. The highest BCUT2D eigenvalue weighted by Crippen LogP contribution is 2.27. The van der Waals surface area contributed by atoms with Crippen molar-refractivity contribution in [1.29, 1.82) is 0 Å². The summed E-state index contributed by atoms with van der Waals surface area (Å²) in [5.74, 6) is -2.40. The molecule has 194 valence electrons. The lowest BCUT2D eigenvalue weighted by Gasteiger charge is -2.38. The number of cyclic esters (lactones) is 1. The normalized spacial score (nSPS) is 37.5. The lowest BCUT2D eigenvalue weighted by molar-refractivity contribution is -0.161. The monoisotopic (exact) mass is 494 g/mol. The van der Waals surface area contributed by atoms with Crippen LogP contribution in [0.4, 0.5) is 0 Å². The van der Waals surface area contributed by atoms with Crippen LogP contribution in [0.1, 0.15) is 40.0 Å². The first-order valence-electron chi connectivity index (χ1n) is 12.2. The number of carbonyl (C=O) groups excluding carboxylic acids is 5. The average Bonchev–Trinajstić information content (AvgIpc) is 3.40. The Morgan fingerprint density at radius 2 is 1.63 bits per heavy atom. The molecular weight excluding hydrogens is 460 g/mol. The Balaban J connectivity index is 1.65. The first-order valence-corrected chi connectivity index (χ1v) is 12.2. The SMILES string of the molecule is C[C@@H]1C[C@H]2C(=O)O[C@@H](C)CC(=O)N3C[C@H](O)C[C@H]3C(=O)N3CCOC[C@H]3C(=O)N[C@@H](C)C(=O)N2C1. The van der Waals surface area contributed by atoms with Gasteiger partial charge in [-0.3, -0.25) is 19.2 Å². The highest BCUT2D eigenvalue weighted by molar-refractivity contribution is 5.96. The van der Waals surface area contributed by atoms with Crippen LogP contribution in [0.15, 0.2) is 0 Å². The zero-order valence-electron chi connectivity index (χ0n) is 20.3. The topological polar surface area (TPSA) is 146 Å². The molecule has 0 unspecified atom stereocenters. The number of aliphatic hydroxyl groups excluding tert-OH is 1. The van der Waals surface area contributed by atoms with Gasteiger partial charge in [-0.15, -0.1) is 0 Å². The van der Waals surface area contributed by atoms with Gasteiger partial charge in [-0.05, 0) is 26.2 Å². The number of amides is 4. The molecule has 0 aromatic heterocycles. The molecular formula is C23H34N4O8. The summed E-state index contributed by atoms with van der Waals surface area (Å²) in [6.45, 7) is 5.71. The van der Waals surface area contributed by atoms with Gasteiger partial charge in [0.2, 0.25) is 23.6 Å². The zero-order chi connectivity index (χ0) is 25.4. The van der Waals surface area contributed by atoms with E-state index in [1.165, 1.54) is 14.7 Å². The van der Waals surface area contributed by atoms with E-state index in [2.05, 4.69) is 5.32 Å². The van der Waals surface area contributed by atoms with Crippen molar-refractivity contribution in [3.63, 3.8) is 0 Å². The van der Waals surface area contributed by atoms with Crippen molar-refractivity contribution in [1.82, 2.24) is 20.0 Å². The Kier molecular flexibility index (Phi) is 7.32. The molecule has 0 radical (unpaired) electrons. The van der Waals surface area contributed by atoms with Crippen LogP contribution < -0.4 is 5.32 Å². The summed E-state index contributed by atoms with van der Waals surface area (Å²) in [5, 5.41) is 12.9. The van der Waals surface area contributed by atoms with E-state index >= 15 is 0 Å². The summed E-state index contributed by atoms with van der Waals surface area (Å²) in [6.07, 6.45) is -1.36. The number of ether oxygens (including phenoxy) is 2. The van der Waals surface area contributed by atoms with Gasteiger partial charge in [0.1, 0.15) is 30.3 Å². The second-order valence-electron chi connectivity index (χ2n) is 10.1. The Labute approximate surface area is 203 Å². The molecule has 12 heteroatoms. The fraction of sp³-hybridized carbons (Fsp3) is 0.783. The van der Waals surface area contributed by atoms with Crippen LogP contribution in [0.5, 0.6) is 0 Å². The van der Waals surface area contributed by atoms with Crippen LogP contribution in [-0.2, 0) is 33.4 Å². The molecule has 0 bridgehead atoms. The molecule has 35 heavy (non-hydrogen) atoms. The third kappa shape index (κ3) is 5.13. The molecule has 4 rings (SSSR count). The van der Waals surface area contributed by atoms with Crippen LogP contribution >= 0.6 is 0 Å². The van der Waals surface area contributed by atoms with E-state index in [1.54, 1.807) is 13.8 Å². The molecule has 4 amide bonds. The maximum Gasteiger partial charge on any atom is 0.329 e. The van der Waals surface area contributed by atoms with Crippen molar-refractivity contribution in [3.8, 4) is 0 Å². The molecule has 12 nitrogen and oxygen atoms in total. The van der Waals surface area contributed by atoms with Gasteiger partial charge >= 0.3 is 5.97 Å². The lowest BCUT2D eigenvalue weighted by atomic mass is 10.1. The van der Waals surface area contributed by atoms with Crippen molar-refractivity contribution in [2.75, 3.05) is 32.8 Å². The number of carbonyl (C=O) groups is 5. The van der Waals surface area contributed by atoms with E-state index in [-0.39, 0.29) is 45.1 Å². The lowest BCUT2D eigenvalue weighted by Crippen LogP contribution is -2.62. The van der Waals surface area contributed by atoms with E-state index < -0.39 is 66.0 Å². The van der Waals surface area contributed by atoms with Crippen LogP contribution in [0, 0.1) is 5.92 Å². The van der Waals surface area contributed by atoms with Crippen molar-refractivity contribution in [2.45, 2.75) is 76.4 Å². The van der Waals surface area contributed by atoms with E-state index in [9.17, 15) is 29.1 Å². The molecule has 0 saturated carbocycles. The predicted molar refractivity (Wildman–Crippen MR) is 120 cm³/mol. The van der Waals surface area contributed by atoms with Crippen molar-refractivity contribution < 1.29 is 38.6 Å². The van der Waals surface area contributed by atoms with Crippen LogP contribution in [0.2, 0.25) is 0 Å². The van der Waals surface area contributed by atoms with Gasteiger partial charge in [0, 0.05) is 26.1 Å². The summed E-state index contributed by atoms with van der Waals surface area (Å²) >= 11 is 0. The minimum absolute atomic E-state index is 0.0173. The van der Waals surface area contributed by atoms with Gasteiger partial charge in [-0.1, -0.05) is 6.92 Å². The largest absolute Gasteiger partial charge is 0.461 e. The van der Waals surface area contributed by atoms with Crippen molar-refractivity contribution >= 4 is 29.6 Å². The summed E-state index contributed by atoms with van der Waals surface area (Å²) in [5.41, 5.74) is 0. The standard InChI is InChI=1S/C23H34N4O8/c1-12-6-17-23(33)35-13(2)7-19(29)26-10-15(28)8-16(26)22(32)25-4-5-34-11-18(25)20(30)24-14(3)21(31)27(17)9-12/h12-18,28H,4-11H2,1-3H3,(H,24,30)/t12-,13+,14+,15-,16+,17+,18+/m1/s1. The molecule has 0 aliphatic carbocycles. The molecule has 4 aliphatic rings. The second-order valence-corrected chi connectivity index (χ2v) is 10.1. The minimum atomic E-state index is -0.980. The Hall–Kier alpha value is -2.73. The van der Waals surface area contributed by atoms with Gasteiger partial charge in [-0.2, -0.15) is 0 Å². The highest BCUT2D eigenvalue weighted by atomic mass is 16.5. The zero-order valence-corrected chi connectivity index (χ0v) is 20.3. The number of hydrogen-bond donors (Lipinski definition) is 2. The van der Waals surface area contributed by atoms with Gasteiger partial charge in [0.15, 0.2) is 0 Å². The summed E-state index contributed by atoms with van der Waals surface area (Å²) in [6, 6.07) is -3.66. The Bertz CT molecular complexity index is 897. The number of fused-ring (bicyclic) bond motifs is 3. The van der Waals surface area contributed by atoms with Gasteiger partial charge in [0.25, 0.3) is 0 Å². The van der Waals surface area contributed by atoms with Gasteiger partial charge < -0.3 is 34.6 Å². The molecule has 0 aromatic rings. The molecule has 4 fully saturated rings. The Morgan fingerprint density at radius 3 is 2.37 bits per heavy atom. The molecule has 4 saturated heterocycles. The summed E-state index contributed by atoms with van der Waals surface area (Å²) in [7, 11) is 0. The quantitative estimate of drug-likeness (QED) is 0.377. The highest BCUT2D eigenvalue weighted by Gasteiger charge is 2.46. The number of morpholine rings is 1. The molecule has 4 aliphatic heterocycles. The van der Waals surface area contributed by atoms with E-state index in [0.29, 0.717) is 13.0 Å². The number of rotatable bonds is 0. The number of nitrogens with one attached hydrogen (secondary N) is 1. The fourth-order valence-corrected chi connectivity index (χ4v) is 5.41. The smallest absolute Gasteiger partial charge is 0.329 e. The number of nitrogens with zero attached hydrogens (tertiary/aromatic N) is 3. The van der Waals surface area contributed by atoms with Gasteiger partial charge in [-0.25, -0.2) is 4.79 Å². The summed E-state index contributed by atoms with van der Waals surface area (Å²) < 4.78 is 11.0. The Morgan fingerprint density at radius 1 is 0.886 bits per heavy atom. The second kappa shape index (κ2) is 10.1.